The average molecular weight is 308 g/mol. The molecule has 3 unspecified atom stereocenters. The molecule has 0 aromatic heterocycles. The Balaban J connectivity index is 1.62. The molecule has 2 heteroatoms. The van der Waals surface area contributed by atoms with E-state index in [0.29, 0.717) is 0 Å². The van der Waals surface area contributed by atoms with Crippen LogP contribution in [0.4, 0.5) is 5.69 Å². The van der Waals surface area contributed by atoms with Gasteiger partial charge in [0.1, 0.15) is 0 Å². The zero-order valence-electron chi connectivity index (χ0n) is 11.1. The number of hydrogen-bond donors (Lipinski definition) is 0. The van der Waals surface area contributed by atoms with Crippen LogP contribution in [0.25, 0.3) is 0 Å². The second kappa shape index (κ2) is 5.24. The van der Waals surface area contributed by atoms with Crippen LogP contribution in [0.3, 0.4) is 0 Å². The van der Waals surface area contributed by atoms with Gasteiger partial charge in [0.05, 0.1) is 0 Å². The summed E-state index contributed by atoms with van der Waals surface area (Å²) >= 11 is 3.50. The largest absolute Gasteiger partial charge is 0.374 e. The van der Waals surface area contributed by atoms with Gasteiger partial charge < -0.3 is 4.90 Å². The first-order valence-corrected chi connectivity index (χ1v) is 8.24. The molecule has 3 atom stereocenters. The smallest absolute Gasteiger partial charge is 0.0363 e. The molecule has 2 aliphatic rings. The molecule has 0 saturated heterocycles. The maximum Gasteiger partial charge on any atom is 0.0363 e. The van der Waals surface area contributed by atoms with Crippen molar-refractivity contribution in [1.82, 2.24) is 0 Å². The summed E-state index contributed by atoms with van der Waals surface area (Å²) in [7, 11) is 2.25. The molecule has 0 radical (unpaired) electrons. The van der Waals surface area contributed by atoms with Gasteiger partial charge in [-0.25, -0.2) is 0 Å². The third-order valence-corrected chi connectivity index (χ3v) is 5.57. The van der Waals surface area contributed by atoms with Crippen molar-refractivity contribution < 1.29 is 0 Å². The van der Waals surface area contributed by atoms with Gasteiger partial charge in [0.2, 0.25) is 0 Å². The average Bonchev–Trinajstić information content (AvgIpc) is 3.01. The van der Waals surface area contributed by atoms with Crippen LogP contribution in [0.2, 0.25) is 0 Å². The van der Waals surface area contributed by atoms with Crippen LogP contribution in [0.15, 0.2) is 24.3 Å². The summed E-state index contributed by atoms with van der Waals surface area (Å²) < 4.78 is 0. The standard InChI is InChI=1S/C16H22BrN/c1-18(16-6-3-12(10-17)4-7-16)11-15-9-13-2-5-14(15)8-13/h3-4,6-7,13-15H,2,5,8-11H2,1H3. The number of halogens is 1. The van der Waals surface area contributed by atoms with Crippen molar-refractivity contribution in [1.29, 1.82) is 0 Å². The highest BCUT2D eigenvalue weighted by Crippen LogP contribution is 2.48. The van der Waals surface area contributed by atoms with Crippen LogP contribution in [0.1, 0.15) is 31.2 Å². The Hall–Kier alpha value is -0.500. The zero-order chi connectivity index (χ0) is 12.5. The molecule has 2 fully saturated rings. The van der Waals surface area contributed by atoms with E-state index in [9.17, 15) is 0 Å². The second-order valence-corrected chi connectivity index (χ2v) is 6.68. The Kier molecular flexibility index (Phi) is 3.65. The minimum absolute atomic E-state index is 0.948. The van der Waals surface area contributed by atoms with E-state index in [1.165, 1.54) is 43.5 Å². The van der Waals surface area contributed by atoms with E-state index < -0.39 is 0 Å². The van der Waals surface area contributed by atoms with E-state index in [1.54, 1.807) is 0 Å². The molecule has 0 spiro atoms. The lowest BCUT2D eigenvalue weighted by atomic mass is 9.88. The van der Waals surface area contributed by atoms with Crippen molar-refractivity contribution >= 4 is 21.6 Å². The topological polar surface area (TPSA) is 3.24 Å². The first kappa shape index (κ1) is 12.5. The van der Waals surface area contributed by atoms with Crippen LogP contribution >= 0.6 is 15.9 Å². The lowest BCUT2D eigenvalue weighted by molar-refractivity contribution is 0.337. The van der Waals surface area contributed by atoms with Crippen molar-refractivity contribution in [2.24, 2.45) is 17.8 Å². The summed E-state index contributed by atoms with van der Waals surface area (Å²) in [4.78, 5) is 2.45. The number of nitrogens with zero attached hydrogens (tertiary/aromatic N) is 1. The van der Waals surface area contributed by atoms with E-state index in [4.69, 9.17) is 0 Å². The molecule has 0 amide bonds. The number of anilines is 1. The second-order valence-electron chi connectivity index (χ2n) is 6.12. The minimum Gasteiger partial charge on any atom is -0.374 e. The summed E-state index contributed by atoms with van der Waals surface area (Å²) in [5, 5.41) is 0.948. The minimum atomic E-state index is 0.948. The molecule has 18 heavy (non-hydrogen) atoms. The Labute approximate surface area is 119 Å². The molecule has 0 heterocycles. The van der Waals surface area contributed by atoms with Gasteiger partial charge >= 0.3 is 0 Å². The Bertz CT molecular complexity index is 400. The Morgan fingerprint density at radius 2 is 1.94 bits per heavy atom. The summed E-state index contributed by atoms with van der Waals surface area (Å²) in [5.41, 5.74) is 2.72. The molecule has 0 aliphatic heterocycles. The van der Waals surface area contributed by atoms with Gasteiger partial charge in [-0.15, -0.1) is 0 Å². The maximum absolute atomic E-state index is 3.50. The molecular weight excluding hydrogens is 286 g/mol. The lowest BCUT2D eigenvalue weighted by Crippen LogP contribution is -2.28. The van der Waals surface area contributed by atoms with E-state index in [0.717, 1.165) is 23.1 Å². The SMILES string of the molecule is CN(CC1CC2CCC1C2)c1ccc(CBr)cc1. The van der Waals surface area contributed by atoms with Gasteiger partial charge in [0.15, 0.2) is 0 Å². The van der Waals surface area contributed by atoms with Crippen LogP contribution in [0.5, 0.6) is 0 Å². The number of fused-ring (bicyclic) bond motifs is 2. The Morgan fingerprint density at radius 3 is 2.50 bits per heavy atom. The van der Waals surface area contributed by atoms with Crippen LogP contribution in [0, 0.1) is 17.8 Å². The van der Waals surface area contributed by atoms with Crippen LogP contribution in [-0.2, 0) is 5.33 Å². The molecule has 2 aliphatic carbocycles. The third-order valence-electron chi connectivity index (χ3n) is 4.92. The lowest BCUT2D eigenvalue weighted by Gasteiger charge is -2.28. The van der Waals surface area contributed by atoms with E-state index in [1.807, 2.05) is 0 Å². The highest BCUT2D eigenvalue weighted by molar-refractivity contribution is 9.08. The van der Waals surface area contributed by atoms with Crippen molar-refractivity contribution in [2.45, 2.75) is 31.0 Å². The van der Waals surface area contributed by atoms with Gasteiger partial charge in [-0.05, 0) is 54.7 Å². The number of hydrogen-bond acceptors (Lipinski definition) is 1. The van der Waals surface area contributed by atoms with Crippen LogP contribution < -0.4 is 4.90 Å². The van der Waals surface area contributed by atoms with E-state index in [2.05, 4.69) is 52.1 Å². The first-order chi connectivity index (χ1) is 8.76. The van der Waals surface area contributed by atoms with Gasteiger partial charge in [-0.2, -0.15) is 0 Å². The fourth-order valence-electron chi connectivity index (χ4n) is 3.90. The van der Waals surface area contributed by atoms with Crippen molar-refractivity contribution in [3.63, 3.8) is 0 Å². The predicted octanol–water partition coefficient (Wildman–Crippen LogP) is 4.45. The van der Waals surface area contributed by atoms with E-state index >= 15 is 0 Å². The van der Waals surface area contributed by atoms with Gasteiger partial charge in [-0.1, -0.05) is 34.5 Å². The fourth-order valence-corrected chi connectivity index (χ4v) is 4.27. The molecule has 2 saturated carbocycles. The molecule has 1 nitrogen and oxygen atoms in total. The quantitative estimate of drug-likeness (QED) is 0.743. The summed E-state index contributed by atoms with van der Waals surface area (Å²) in [6, 6.07) is 8.95. The number of benzene rings is 1. The number of alkyl halides is 1. The van der Waals surface area contributed by atoms with Gasteiger partial charge in [0, 0.05) is 24.6 Å². The highest BCUT2D eigenvalue weighted by atomic mass is 79.9. The molecule has 3 rings (SSSR count). The maximum atomic E-state index is 3.50. The molecule has 1 aromatic carbocycles. The first-order valence-electron chi connectivity index (χ1n) is 7.12. The molecule has 98 valence electrons. The van der Waals surface area contributed by atoms with Gasteiger partial charge in [0.25, 0.3) is 0 Å². The zero-order valence-corrected chi connectivity index (χ0v) is 12.7. The van der Waals surface area contributed by atoms with Crippen molar-refractivity contribution in [2.75, 3.05) is 18.5 Å². The summed E-state index contributed by atoms with van der Waals surface area (Å²) in [5.74, 6) is 3.04. The predicted molar refractivity (Wildman–Crippen MR) is 81.3 cm³/mol. The van der Waals surface area contributed by atoms with Gasteiger partial charge in [-0.3, -0.25) is 0 Å². The molecule has 0 N–H and O–H groups in total. The Morgan fingerprint density at radius 1 is 1.17 bits per heavy atom. The molecule has 1 aromatic rings. The highest BCUT2D eigenvalue weighted by Gasteiger charge is 2.39. The van der Waals surface area contributed by atoms with Crippen LogP contribution in [-0.4, -0.2) is 13.6 Å². The summed E-state index contributed by atoms with van der Waals surface area (Å²) in [6.45, 7) is 1.24. The summed E-state index contributed by atoms with van der Waals surface area (Å²) in [6.07, 6.45) is 5.99. The third kappa shape index (κ3) is 2.45. The van der Waals surface area contributed by atoms with Crippen molar-refractivity contribution in [3.8, 4) is 0 Å². The normalized spacial score (nSPS) is 29.8. The molecule has 2 bridgehead atoms. The number of rotatable bonds is 4. The van der Waals surface area contributed by atoms with Crippen molar-refractivity contribution in [3.05, 3.63) is 29.8 Å². The monoisotopic (exact) mass is 307 g/mol. The molecular formula is C16H22BrN. The fraction of sp³-hybridized carbons (Fsp3) is 0.625. The van der Waals surface area contributed by atoms with E-state index in [-0.39, 0.29) is 0 Å².